The molecule has 2 N–H and O–H groups in total. The number of guanidine groups is 1. The summed E-state index contributed by atoms with van der Waals surface area (Å²) in [6.45, 7) is 6.26. The van der Waals surface area contributed by atoms with E-state index in [2.05, 4.69) is 35.5 Å². The molecule has 0 aliphatic heterocycles. The van der Waals surface area contributed by atoms with Crippen molar-refractivity contribution in [3.8, 4) is 0 Å². The molecule has 1 aliphatic carbocycles. The molecule has 0 atom stereocenters. The van der Waals surface area contributed by atoms with Gasteiger partial charge in [-0.3, -0.25) is 4.99 Å². The number of nitrogens with one attached hydrogen (secondary N) is 2. The molecule has 2 rings (SSSR count). The van der Waals surface area contributed by atoms with Crippen LogP contribution in [0.25, 0.3) is 0 Å². The van der Waals surface area contributed by atoms with Crippen LogP contribution in [0, 0.1) is 5.92 Å². The van der Waals surface area contributed by atoms with E-state index in [1.165, 1.54) is 18.4 Å². The first-order valence-corrected chi connectivity index (χ1v) is 7.59. The molecule has 3 nitrogen and oxygen atoms in total. The van der Waals surface area contributed by atoms with E-state index < -0.39 is 0 Å². The van der Waals surface area contributed by atoms with Gasteiger partial charge in [-0.1, -0.05) is 37.6 Å². The molecule has 0 heterocycles. The minimum atomic E-state index is 0.00208. The SMILES string of the molecule is CN=C(NCC1CC1)NCC(C)(C)c1cccc(Cl)c1. The molecule has 0 saturated heterocycles. The maximum atomic E-state index is 6.08. The summed E-state index contributed by atoms with van der Waals surface area (Å²) in [4.78, 5) is 4.27. The minimum Gasteiger partial charge on any atom is -0.356 e. The Kier molecular flexibility index (Phi) is 4.92. The van der Waals surface area contributed by atoms with E-state index in [0.717, 1.165) is 30.0 Å². The van der Waals surface area contributed by atoms with Crippen LogP contribution in [-0.2, 0) is 5.41 Å². The van der Waals surface area contributed by atoms with Crippen LogP contribution in [0.15, 0.2) is 29.3 Å². The predicted octanol–water partition coefficient (Wildman–Crippen LogP) is 3.19. The number of hydrogen-bond donors (Lipinski definition) is 2. The zero-order valence-corrected chi connectivity index (χ0v) is 13.3. The van der Waals surface area contributed by atoms with E-state index in [1.807, 2.05) is 25.2 Å². The number of halogens is 1. The van der Waals surface area contributed by atoms with E-state index >= 15 is 0 Å². The van der Waals surface area contributed by atoms with Gasteiger partial charge in [-0.2, -0.15) is 0 Å². The fraction of sp³-hybridized carbons (Fsp3) is 0.562. The van der Waals surface area contributed by atoms with Gasteiger partial charge in [0.1, 0.15) is 0 Å². The largest absolute Gasteiger partial charge is 0.356 e. The Hall–Kier alpha value is -1.22. The van der Waals surface area contributed by atoms with Gasteiger partial charge in [0.05, 0.1) is 0 Å². The van der Waals surface area contributed by atoms with Crippen molar-refractivity contribution in [3.05, 3.63) is 34.9 Å². The highest BCUT2D eigenvalue weighted by Gasteiger charge is 2.23. The highest BCUT2D eigenvalue weighted by atomic mass is 35.5. The first-order valence-electron chi connectivity index (χ1n) is 7.22. The van der Waals surface area contributed by atoms with Crippen molar-refractivity contribution in [1.29, 1.82) is 0 Å². The third-order valence-corrected chi connectivity index (χ3v) is 4.02. The van der Waals surface area contributed by atoms with Crippen molar-refractivity contribution in [1.82, 2.24) is 10.6 Å². The van der Waals surface area contributed by atoms with Gasteiger partial charge in [0.2, 0.25) is 0 Å². The van der Waals surface area contributed by atoms with Crippen LogP contribution in [0.4, 0.5) is 0 Å². The van der Waals surface area contributed by atoms with Gasteiger partial charge in [-0.05, 0) is 36.5 Å². The highest BCUT2D eigenvalue weighted by Crippen LogP contribution is 2.27. The van der Waals surface area contributed by atoms with Crippen molar-refractivity contribution in [2.75, 3.05) is 20.1 Å². The molecule has 110 valence electrons. The normalized spacial score (nSPS) is 16.1. The van der Waals surface area contributed by atoms with Gasteiger partial charge < -0.3 is 10.6 Å². The molecule has 1 fully saturated rings. The summed E-state index contributed by atoms with van der Waals surface area (Å²) in [5.74, 6) is 1.72. The van der Waals surface area contributed by atoms with Gasteiger partial charge in [-0.25, -0.2) is 0 Å². The summed E-state index contributed by atoms with van der Waals surface area (Å²) >= 11 is 6.08. The van der Waals surface area contributed by atoms with Crippen molar-refractivity contribution in [3.63, 3.8) is 0 Å². The van der Waals surface area contributed by atoms with Crippen molar-refractivity contribution in [2.24, 2.45) is 10.9 Å². The predicted molar refractivity (Wildman–Crippen MR) is 86.6 cm³/mol. The van der Waals surface area contributed by atoms with Gasteiger partial charge in [0, 0.05) is 30.6 Å². The molecule has 4 heteroatoms. The molecule has 1 aliphatic rings. The lowest BCUT2D eigenvalue weighted by Gasteiger charge is -2.27. The summed E-state index contributed by atoms with van der Waals surface area (Å²) in [7, 11) is 1.81. The van der Waals surface area contributed by atoms with Crippen LogP contribution >= 0.6 is 11.6 Å². The standard InChI is InChI=1S/C16H24ClN3/c1-16(2,13-5-4-6-14(17)9-13)11-20-15(18-3)19-10-12-7-8-12/h4-6,9,12H,7-8,10-11H2,1-3H3,(H2,18,19,20). The quantitative estimate of drug-likeness (QED) is 0.646. The topological polar surface area (TPSA) is 36.4 Å². The molecule has 0 spiro atoms. The van der Waals surface area contributed by atoms with Crippen LogP contribution in [0.3, 0.4) is 0 Å². The fourth-order valence-electron chi connectivity index (χ4n) is 2.10. The Morgan fingerprint density at radius 2 is 2.10 bits per heavy atom. The summed E-state index contributed by atoms with van der Waals surface area (Å²) in [6.07, 6.45) is 2.69. The van der Waals surface area contributed by atoms with Gasteiger partial charge in [0.25, 0.3) is 0 Å². The van der Waals surface area contributed by atoms with E-state index in [0.29, 0.717) is 0 Å². The van der Waals surface area contributed by atoms with Crippen LogP contribution in [0.2, 0.25) is 5.02 Å². The first-order chi connectivity index (χ1) is 9.51. The molecule has 0 aromatic heterocycles. The smallest absolute Gasteiger partial charge is 0.191 e. The molecule has 1 aromatic carbocycles. The Balaban J connectivity index is 1.89. The second kappa shape index (κ2) is 6.49. The number of aliphatic imine (C=N–C) groups is 1. The van der Waals surface area contributed by atoms with Crippen LogP contribution in [0.5, 0.6) is 0 Å². The minimum absolute atomic E-state index is 0.00208. The van der Waals surface area contributed by atoms with Crippen molar-refractivity contribution in [2.45, 2.75) is 32.1 Å². The van der Waals surface area contributed by atoms with E-state index in [1.54, 1.807) is 0 Å². The Labute approximate surface area is 126 Å². The summed E-state index contributed by atoms with van der Waals surface area (Å²) in [5.41, 5.74) is 1.23. The molecule has 0 amide bonds. The van der Waals surface area contributed by atoms with Crippen molar-refractivity contribution < 1.29 is 0 Å². The molecule has 20 heavy (non-hydrogen) atoms. The zero-order valence-electron chi connectivity index (χ0n) is 12.5. The van der Waals surface area contributed by atoms with E-state index in [4.69, 9.17) is 11.6 Å². The fourth-order valence-corrected chi connectivity index (χ4v) is 2.29. The Morgan fingerprint density at radius 3 is 2.70 bits per heavy atom. The molecular weight excluding hydrogens is 270 g/mol. The number of benzene rings is 1. The average Bonchev–Trinajstić information content (AvgIpc) is 3.23. The maximum Gasteiger partial charge on any atom is 0.191 e. The Bertz CT molecular complexity index is 478. The zero-order chi connectivity index (χ0) is 14.6. The lowest BCUT2D eigenvalue weighted by molar-refractivity contribution is 0.508. The lowest BCUT2D eigenvalue weighted by atomic mass is 9.84. The number of nitrogens with zero attached hydrogens (tertiary/aromatic N) is 1. The molecule has 1 saturated carbocycles. The molecule has 0 unspecified atom stereocenters. The second-order valence-corrected chi connectivity index (χ2v) is 6.58. The lowest BCUT2D eigenvalue weighted by Crippen LogP contribution is -2.44. The molecule has 1 aromatic rings. The van der Waals surface area contributed by atoms with Crippen LogP contribution in [-0.4, -0.2) is 26.1 Å². The first kappa shape index (κ1) is 15.2. The monoisotopic (exact) mass is 293 g/mol. The second-order valence-electron chi connectivity index (χ2n) is 6.14. The van der Waals surface area contributed by atoms with Crippen LogP contribution < -0.4 is 10.6 Å². The van der Waals surface area contributed by atoms with Gasteiger partial charge >= 0.3 is 0 Å². The highest BCUT2D eigenvalue weighted by molar-refractivity contribution is 6.30. The van der Waals surface area contributed by atoms with E-state index in [9.17, 15) is 0 Å². The van der Waals surface area contributed by atoms with Gasteiger partial charge in [0.15, 0.2) is 5.96 Å². The van der Waals surface area contributed by atoms with Gasteiger partial charge in [-0.15, -0.1) is 0 Å². The average molecular weight is 294 g/mol. The summed E-state index contributed by atoms with van der Waals surface area (Å²) < 4.78 is 0. The molecule has 0 bridgehead atoms. The third-order valence-electron chi connectivity index (χ3n) is 3.78. The molecular formula is C16H24ClN3. The van der Waals surface area contributed by atoms with E-state index in [-0.39, 0.29) is 5.41 Å². The summed E-state index contributed by atoms with van der Waals surface area (Å²) in [5, 5.41) is 7.57. The third kappa shape index (κ3) is 4.41. The number of hydrogen-bond acceptors (Lipinski definition) is 1. The maximum absolute atomic E-state index is 6.08. The van der Waals surface area contributed by atoms with Crippen molar-refractivity contribution >= 4 is 17.6 Å². The molecule has 0 radical (unpaired) electrons. The number of rotatable bonds is 5. The Morgan fingerprint density at radius 1 is 1.35 bits per heavy atom. The van der Waals surface area contributed by atoms with Crippen LogP contribution in [0.1, 0.15) is 32.3 Å². The summed E-state index contributed by atoms with van der Waals surface area (Å²) in [6, 6.07) is 8.06.